The molecule has 0 aliphatic heterocycles. The van der Waals surface area contributed by atoms with E-state index in [-0.39, 0.29) is 12.6 Å². The fraction of sp³-hybridized carbons (Fsp3) is 0.981. The maximum absolute atomic E-state index is 11.8. The van der Waals surface area contributed by atoms with Gasteiger partial charge in [0.25, 0.3) is 0 Å². The van der Waals surface area contributed by atoms with Gasteiger partial charge < -0.3 is 61.6 Å². The van der Waals surface area contributed by atoms with E-state index in [0.29, 0.717) is 158 Å². The highest BCUT2D eigenvalue weighted by Gasteiger charge is 2.03. The predicted molar refractivity (Wildman–Crippen MR) is 263 cm³/mol. The summed E-state index contributed by atoms with van der Waals surface area (Å²) in [6, 6.07) is 0. The quantitative estimate of drug-likeness (QED) is 0.0422. The second-order valence-corrected chi connectivity index (χ2v) is 16.7. The monoisotopic (exact) mass is 953 g/mol. The van der Waals surface area contributed by atoms with Crippen molar-refractivity contribution >= 4 is 5.97 Å². The van der Waals surface area contributed by atoms with Crippen LogP contribution in [0.5, 0.6) is 0 Å². The molecule has 0 fully saturated rings. The van der Waals surface area contributed by atoms with Crippen LogP contribution in [0.4, 0.5) is 0 Å². The molecular formula is C52H104O14. The first-order valence-corrected chi connectivity index (χ1v) is 26.9. The summed E-state index contributed by atoms with van der Waals surface area (Å²) >= 11 is 0. The molecule has 14 nitrogen and oxygen atoms in total. The van der Waals surface area contributed by atoms with Crippen molar-refractivity contribution in [2.45, 2.75) is 168 Å². The Kier molecular flexibility index (Phi) is 61.1. The molecule has 0 atom stereocenters. The van der Waals surface area contributed by atoms with Crippen LogP contribution in [0.2, 0.25) is 0 Å². The van der Waals surface area contributed by atoms with Gasteiger partial charge in [0.2, 0.25) is 0 Å². The summed E-state index contributed by atoms with van der Waals surface area (Å²) in [5.74, 6) is -0.140. The van der Waals surface area contributed by atoms with Crippen molar-refractivity contribution in [3.05, 3.63) is 0 Å². The van der Waals surface area contributed by atoms with Crippen LogP contribution in [0.15, 0.2) is 0 Å². The third-order valence-electron chi connectivity index (χ3n) is 10.7. The summed E-state index contributed by atoms with van der Waals surface area (Å²) in [6.07, 6.45) is 30.9. The van der Waals surface area contributed by atoms with Crippen LogP contribution in [-0.2, 0) is 66.4 Å². The Morgan fingerprint density at radius 1 is 0.212 bits per heavy atom. The molecule has 0 saturated carbocycles. The molecule has 0 spiro atoms. The number of hydrogen-bond donors (Lipinski definition) is 0. The number of carbonyl (C=O) groups is 1. The molecule has 396 valence electrons. The zero-order chi connectivity index (χ0) is 47.4. The van der Waals surface area contributed by atoms with Crippen LogP contribution in [0.25, 0.3) is 0 Å². The number of carbonyl (C=O) groups excluding carboxylic acids is 1. The van der Waals surface area contributed by atoms with Crippen LogP contribution in [0.3, 0.4) is 0 Å². The van der Waals surface area contributed by atoms with Gasteiger partial charge in [-0.2, -0.15) is 0 Å². The minimum Gasteiger partial charge on any atom is -0.463 e. The summed E-state index contributed by atoms with van der Waals surface area (Å²) < 4.78 is 71.7. The van der Waals surface area contributed by atoms with E-state index in [4.69, 9.17) is 61.6 Å². The molecule has 0 amide bonds. The Balaban J connectivity index is 3.09. The fourth-order valence-corrected chi connectivity index (χ4v) is 6.79. The van der Waals surface area contributed by atoms with Crippen molar-refractivity contribution < 1.29 is 66.4 Å². The number of ether oxygens (including phenoxy) is 13. The molecule has 0 unspecified atom stereocenters. The topological polar surface area (TPSA) is 137 Å². The van der Waals surface area contributed by atoms with Gasteiger partial charge in [0.1, 0.15) is 6.61 Å². The first-order valence-electron chi connectivity index (χ1n) is 26.9. The summed E-state index contributed by atoms with van der Waals surface area (Å²) in [6.45, 7) is 17.4. The van der Waals surface area contributed by atoms with Crippen molar-refractivity contribution in [1.29, 1.82) is 0 Å². The van der Waals surface area contributed by atoms with E-state index in [2.05, 4.69) is 13.8 Å². The SMILES string of the molecule is CCCCCCCCCCCCCCCCCCOCCOCCOCCOCCOCCOCCOCCOCCOCCOCCOCCOCCOC(=O)CCCCCCCCC. The average molecular weight is 953 g/mol. The van der Waals surface area contributed by atoms with Gasteiger partial charge in [-0.3, -0.25) is 4.79 Å². The highest BCUT2D eigenvalue weighted by atomic mass is 16.6. The number of unbranched alkanes of at least 4 members (excludes halogenated alkanes) is 21. The smallest absolute Gasteiger partial charge is 0.305 e. The van der Waals surface area contributed by atoms with Crippen LogP contribution >= 0.6 is 0 Å². The molecule has 0 bridgehead atoms. The molecule has 0 heterocycles. The molecule has 66 heavy (non-hydrogen) atoms. The highest BCUT2D eigenvalue weighted by molar-refractivity contribution is 5.69. The minimum absolute atomic E-state index is 0.140. The van der Waals surface area contributed by atoms with Gasteiger partial charge in [0, 0.05) is 13.0 Å². The molecule has 0 aromatic rings. The van der Waals surface area contributed by atoms with E-state index in [1.807, 2.05) is 0 Å². The molecule has 0 saturated heterocycles. The zero-order valence-electron chi connectivity index (χ0n) is 42.9. The van der Waals surface area contributed by atoms with Gasteiger partial charge in [-0.25, -0.2) is 0 Å². The summed E-state index contributed by atoms with van der Waals surface area (Å²) in [5, 5.41) is 0. The second kappa shape index (κ2) is 62.0. The second-order valence-electron chi connectivity index (χ2n) is 16.7. The number of rotatable bonds is 61. The Morgan fingerprint density at radius 3 is 0.636 bits per heavy atom. The van der Waals surface area contributed by atoms with Gasteiger partial charge in [-0.1, -0.05) is 149 Å². The molecule has 0 aromatic heterocycles. The predicted octanol–water partition coefficient (Wildman–Crippen LogP) is 10.1. The molecule has 0 radical (unpaired) electrons. The maximum Gasteiger partial charge on any atom is 0.305 e. The van der Waals surface area contributed by atoms with Crippen molar-refractivity contribution in [2.24, 2.45) is 0 Å². The van der Waals surface area contributed by atoms with Crippen molar-refractivity contribution in [1.82, 2.24) is 0 Å². The zero-order valence-corrected chi connectivity index (χ0v) is 42.9. The van der Waals surface area contributed by atoms with Crippen molar-refractivity contribution in [2.75, 3.05) is 165 Å². The van der Waals surface area contributed by atoms with E-state index in [0.717, 1.165) is 25.9 Å². The molecule has 0 rings (SSSR count). The third-order valence-corrected chi connectivity index (χ3v) is 10.7. The summed E-state index contributed by atoms with van der Waals surface area (Å²) in [4.78, 5) is 11.8. The molecule has 0 aromatic carbocycles. The lowest BCUT2D eigenvalue weighted by atomic mass is 10.0. The van der Waals surface area contributed by atoms with Gasteiger partial charge in [-0.05, 0) is 12.8 Å². The molecule has 14 heteroatoms. The lowest BCUT2D eigenvalue weighted by molar-refractivity contribution is -0.145. The lowest BCUT2D eigenvalue weighted by Gasteiger charge is -2.09. The highest BCUT2D eigenvalue weighted by Crippen LogP contribution is 2.14. The van der Waals surface area contributed by atoms with Gasteiger partial charge in [-0.15, -0.1) is 0 Å². The Hall–Kier alpha value is -1.01. The molecule has 0 aliphatic carbocycles. The van der Waals surface area contributed by atoms with E-state index in [1.54, 1.807) is 0 Å². The Morgan fingerprint density at radius 2 is 0.394 bits per heavy atom. The van der Waals surface area contributed by atoms with Crippen molar-refractivity contribution in [3.63, 3.8) is 0 Å². The van der Waals surface area contributed by atoms with E-state index < -0.39 is 0 Å². The first-order chi connectivity index (χ1) is 32.8. The van der Waals surface area contributed by atoms with Gasteiger partial charge in [0.05, 0.1) is 152 Å². The summed E-state index contributed by atoms with van der Waals surface area (Å²) in [5.41, 5.74) is 0. The fourth-order valence-electron chi connectivity index (χ4n) is 6.79. The first kappa shape index (κ1) is 65.0. The third kappa shape index (κ3) is 61.0. The van der Waals surface area contributed by atoms with Gasteiger partial charge in [0.15, 0.2) is 0 Å². The largest absolute Gasteiger partial charge is 0.463 e. The maximum atomic E-state index is 11.8. The summed E-state index contributed by atoms with van der Waals surface area (Å²) in [7, 11) is 0. The Labute approximate surface area is 404 Å². The number of hydrogen-bond acceptors (Lipinski definition) is 14. The molecule has 0 aliphatic rings. The standard InChI is InChI=1S/C52H104O14/c1-3-5-7-9-11-12-13-14-15-16-17-18-19-21-23-25-27-54-28-29-55-30-31-56-32-33-57-34-35-58-36-37-59-38-39-60-40-41-61-42-43-62-44-45-63-46-47-64-48-49-65-50-51-66-52(53)26-24-22-20-10-8-6-4-2/h3-51H2,1-2H3. The van der Waals surface area contributed by atoms with Crippen LogP contribution < -0.4 is 0 Å². The lowest BCUT2D eigenvalue weighted by Crippen LogP contribution is -2.15. The van der Waals surface area contributed by atoms with Crippen LogP contribution in [-0.4, -0.2) is 171 Å². The van der Waals surface area contributed by atoms with Gasteiger partial charge >= 0.3 is 5.97 Å². The van der Waals surface area contributed by atoms with E-state index in [9.17, 15) is 4.79 Å². The number of esters is 1. The Bertz CT molecular complexity index is 873. The van der Waals surface area contributed by atoms with E-state index in [1.165, 1.54) is 128 Å². The minimum atomic E-state index is -0.140. The normalized spacial score (nSPS) is 11.6. The van der Waals surface area contributed by atoms with E-state index >= 15 is 0 Å². The molecular weight excluding hydrogens is 849 g/mol. The molecule has 0 N–H and O–H groups in total. The average Bonchev–Trinajstić information content (AvgIpc) is 3.32. The van der Waals surface area contributed by atoms with Crippen LogP contribution in [0, 0.1) is 0 Å². The van der Waals surface area contributed by atoms with Crippen LogP contribution in [0.1, 0.15) is 168 Å². The van der Waals surface area contributed by atoms with Crippen molar-refractivity contribution in [3.8, 4) is 0 Å².